The second-order valence-electron chi connectivity index (χ2n) is 7.59. The Hall–Kier alpha value is -3.20. The van der Waals surface area contributed by atoms with Crippen LogP contribution in [0.15, 0.2) is 53.7 Å². The fourth-order valence-electron chi connectivity index (χ4n) is 4.04. The summed E-state index contributed by atoms with van der Waals surface area (Å²) in [6.07, 6.45) is 3.37. The smallest absolute Gasteiger partial charge is 0.301 e. The number of nitrogens with zero attached hydrogens (tertiary/aromatic N) is 4. The first-order chi connectivity index (χ1) is 15.8. The average Bonchev–Trinajstić information content (AvgIpc) is 3.49. The minimum Gasteiger partial charge on any atom is -0.505 e. The molecule has 1 aliphatic heterocycles. The Balaban J connectivity index is 1.78. The number of aromatic nitrogens is 3. The molecule has 10 heteroatoms. The number of carbonyl (C=O) groups excluding carboxylic acids is 2. The second-order valence-corrected chi connectivity index (χ2v) is 9.28. The number of aliphatic hydroxyl groups excluding tert-OH is 1. The summed E-state index contributed by atoms with van der Waals surface area (Å²) in [5.41, 5.74) is 2.85. The number of thiazole rings is 1. The van der Waals surface area contributed by atoms with E-state index in [9.17, 15) is 14.7 Å². The first-order valence-corrected chi connectivity index (χ1v) is 11.5. The van der Waals surface area contributed by atoms with E-state index in [0.29, 0.717) is 27.1 Å². The first-order valence-electron chi connectivity index (χ1n) is 9.89. The van der Waals surface area contributed by atoms with Gasteiger partial charge >= 0.3 is 5.91 Å². The lowest BCUT2D eigenvalue weighted by Crippen LogP contribution is -2.29. The minimum absolute atomic E-state index is 0.0854. The molecule has 1 aromatic carbocycles. The van der Waals surface area contributed by atoms with Gasteiger partial charge in [0.15, 0.2) is 10.9 Å². The van der Waals surface area contributed by atoms with Crippen molar-refractivity contribution in [2.75, 3.05) is 4.90 Å². The molecule has 4 heterocycles. The molecule has 33 heavy (non-hydrogen) atoms. The van der Waals surface area contributed by atoms with Crippen LogP contribution in [0, 0.1) is 13.8 Å². The van der Waals surface area contributed by atoms with E-state index in [1.54, 1.807) is 36.7 Å². The number of fused-ring (bicyclic) bond motifs is 1. The summed E-state index contributed by atoms with van der Waals surface area (Å²) in [7, 11) is 0. The summed E-state index contributed by atoms with van der Waals surface area (Å²) >= 11 is 13.6. The zero-order valence-electron chi connectivity index (χ0n) is 17.4. The number of pyridine rings is 1. The molecule has 1 atom stereocenters. The number of benzene rings is 1. The van der Waals surface area contributed by atoms with E-state index < -0.39 is 17.7 Å². The zero-order chi connectivity index (χ0) is 23.4. The van der Waals surface area contributed by atoms with Gasteiger partial charge in [-0.2, -0.15) is 0 Å². The number of anilines is 1. The van der Waals surface area contributed by atoms with Crippen LogP contribution in [0.2, 0.25) is 10.0 Å². The highest BCUT2D eigenvalue weighted by Gasteiger charge is 2.48. The van der Waals surface area contributed by atoms with Gasteiger partial charge in [0.2, 0.25) is 0 Å². The number of aryl methyl sites for hydroxylation is 2. The maximum absolute atomic E-state index is 13.2. The Morgan fingerprint density at radius 1 is 1.15 bits per heavy atom. The van der Waals surface area contributed by atoms with Gasteiger partial charge in [-0.05, 0) is 43.2 Å². The monoisotopic (exact) mass is 498 g/mol. The van der Waals surface area contributed by atoms with Gasteiger partial charge in [0, 0.05) is 17.8 Å². The predicted octanol–water partition coefficient (Wildman–Crippen LogP) is 5.34. The summed E-state index contributed by atoms with van der Waals surface area (Å²) in [6.45, 7) is 3.70. The Bertz CT molecular complexity index is 1480. The van der Waals surface area contributed by atoms with Gasteiger partial charge < -0.3 is 9.51 Å². The minimum atomic E-state index is -0.948. The van der Waals surface area contributed by atoms with E-state index in [1.165, 1.54) is 16.2 Å². The van der Waals surface area contributed by atoms with Gasteiger partial charge in [-0.25, -0.2) is 9.97 Å². The van der Waals surface area contributed by atoms with Crippen LogP contribution in [-0.4, -0.2) is 31.2 Å². The molecule has 0 spiro atoms. The molecule has 0 radical (unpaired) electrons. The molecule has 0 saturated carbocycles. The molecule has 166 valence electrons. The Kier molecular flexibility index (Phi) is 5.23. The van der Waals surface area contributed by atoms with Gasteiger partial charge in [-0.15, -0.1) is 11.3 Å². The van der Waals surface area contributed by atoms with Crippen molar-refractivity contribution in [3.8, 4) is 0 Å². The molecule has 1 unspecified atom stereocenters. The highest BCUT2D eigenvalue weighted by molar-refractivity contribution is 7.14. The standard InChI is InChI=1S/C23H16Cl2N4O3S/c1-11-4-3-8-28-12(2)17(27-21(11)28)19(30)16-18(13-5-6-14(24)15(25)10-13)29(22(32)20(16)31)23-26-7-9-33-23/h3-10,18,30H,1-2H3. The van der Waals surface area contributed by atoms with Crippen LogP contribution in [0.3, 0.4) is 0 Å². The SMILES string of the molecule is Cc1cccn2c(C)c(C(O)=C3C(=O)C(=O)N(c4nccs4)C3c3ccc(Cl)c(Cl)c3)nc12. The summed E-state index contributed by atoms with van der Waals surface area (Å²) in [6, 6.07) is 7.66. The molecule has 3 aromatic heterocycles. The highest BCUT2D eigenvalue weighted by atomic mass is 35.5. The number of amides is 1. The van der Waals surface area contributed by atoms with Crippen molar-refractivity contribution in [2.24, 2.45) is 0 Å². The Labute approximate surface area is 202 Å². The molecule has 1 aliphatic rings. The van der Waals surface area contributed by atoms with Crippen molar-refractivity contribution < 1.29 is 14.7 Å². The number of ketones is 1. The molecule has 0 aliphatic carbocycles. The van der Waals surface area contributed by atoms with E-state index >= 15 is 0 Å². The summed E-state index contributed by atoms with van der Waals surface area (Å²) in [5, 5.41) is 14.0. The van der Waals surface area contributed by atoms with Crippen LogP contribution in [0.5, 0.6) is 0 Å². The van der Waals surface area contributed by atoms with Crippen molar-refractivity contribution in [3.63, 3.8) is 0 Å². The van der Waals surface area contributed by atoms with Crippen molar-refractivity contribution in [1.82, 2.24) is 14.4 Å². The fourth-order valence-corrected chi connectivity index (χ4v) is 5.01. The summed E-state index contributed by atoms with van der Waals surface area (Å²) in [4.78, 5) is 36.4. The average molecular weight is 499 g/mol. The maximum atomic E-state index is 13.2. The highest BCUT2D eigenvalue weighted by Crippen LogP contribution is 2.44. The molecule has 1 amide bonds. The second kappa shape index (κ2) is 7.98. The van der Waals surface area contributed by atoms with Crippen molar-refractivity contribution in [3.05, 3.63) is 86.2 Å². The predicted molar refractivity (Wildman–Crippen MR) is 128 cm³/mol. The largest absolute Gasteiger partial charge is 0.505 e. The van der Waals surface area contributed by atoms with Gasteiger partial charge in [0.1, 0.15) is 11.3 Å². The molecular weight excluding hydrogens is 483 g/mol. The number of aliphatic hydroxyl groups is 1. The lowest BCUT2D eigenvalue weighted by molar-refractivity contribution is -0.132. The normalized spacial score (nSPS) is 17.9. The number of hydrogen-bond acceptors (Lipinski definition) is 6. The number of hydrogen-bond donors (Lipinski definition) is 1. The van der Waals surface area contributed by atoms with Crippen molar-refractivity contribution >= 4 is 62.8 Å². The molecule has 1 fully saturated rings. The molecule has 5 rings (SSSR count). The van der Waals surface area contributed by atoms with Gasteiger partial charge in [-0.3, -0.25) is 14.5 Å². The first kappa shape index (κ1) is 21.6. The van der Waals surface area contributed by atoms with E-state index in [0.717, 1.165) is 5.56 Å². The van der Waals surface area contributed by atoms with Crippen molar-refractivity contribution in [1.29, 1.82) is 0 Å². The van der Waals surface area contributed by atoms with Crippen LogP contribution in [-0.2, 0) is 9.59 Å². The zero-order valence-corrected chi connectivity index (χ0v) is 19.7. The fraction of sp³-hybridized carbons (Fsp3) is 0.130. The number of Topliss-reactive ketones (excluding diaryl/α,β-unsaturated/α-hetero) is 1. The number of carbonyl (C=O) groups is 2. The third-order valence-corrected chi connectivity index (χ3v) is 7.15. The molecule has 1 N–H and O–H groups in total. The molecular formula is C23H16Cl2N4O3S. The summed E-state index contributed by atoms with van der Waals surface area (Å²) in [5.74, 6) is -1.98. The lowest BCUT2D eigenvalue weighted by atomic mass is 9.96. The number of imidazole rings is 1. The molecule has 4 aromatic rings. The third kappa shape index (κ3) is 3.33. The van der Waals surface area contributed by atoms with Gasteiger partial charge in [0.05, 0.1) is 27.4 Å². The van der Waals surface area contributed by atoms with Crippen LogP contribution in [0.25, 0.3) is 11.4 Å². The molecule has 0 bridgehead atoms. The van der Waals surface area contributed by atoms with E-state index in [1.807, 2.05) is 29.7 Å². The molecule has 7 nitrogen and oxygen atoms in total. The summed E-state index contributed by atoms with van der Waals surface area (Å²) < 4.78 is 1.83. The quantitative estimate of drug-likeness (QED) is 0.234. The third-order valence-electron chi connectivity index (χ3n) is 5.64. The van der Waals surface area contributed by atoms with Crippen molar-refractivity contribution in [2.45, 2.75) is 19.9 Å². The van der Waals surface area contributed by atoms with Gasteiger partial charge in [-0.1, -0.05) is 35.3 Å². The Morgan fingerprint density at radius 2 is 1.94 bits per heavy atom. The van der Waals surface area contributed by atoms with Crippen LogP contribution in [0.1, 0.15) is 28.6 Å². The molecule has 1 saturated heterocycles. The lowest BCUT2D eigenvalue weighted by Gasteiger charge is -2.23. The Morgan fingerprint density at radius 3 is 2.61 bits per heavy atom. The van der Waals surface area contributed by atoms with E-state index in [2.05, 4.69) is 9.97 Å². The van der Waals surface area contributed by atoms with E-state index in [4.69, 9.17) is 23.2 Å². The number of halogens is 2. The van der Waals surface area contributed by atoms with Crippen LogP contribution < -0.4 is 4.90 Å². The van der Waals surface area contributed by atoms with Gasteiger partial charge in [0.25, 0.3) is 5.78 Å². The van der Waals surface area contributed by atoms with E-state index in [-0.39, 0.29) is 22.0 Å². The maximum Gasteiger partial charge on any atom is 0.301 e. The topological polar surface area (TPSA) is 87.8 Å². The van der Waals surface area contributed by atoms with Crippen LogP contribution >= 0.6 is 34.5 Å². The van der Waals surface area contributed by atoms with Crippen LogP contribution in [0.4, 0.5) is 5.13 Å². The number of rotatable bonds is 3.